The molecule has 8 nitrogen and oxygen atoms in total. The van der Waals surface area contributed by atoms with Gasteiger partial charge in [0, 0.05) is 12.2 Å². The molecule has 0 saturated carbocycles. The predicted molar refractivity (Wildman–Crippen MR) is 107 cm³/mol. The molecule has 0 fully saturated rings. The Hall–Kier alpha value is -2.85. The molecule has 4 aromatic rings. The molecule has 0 atom stereocenters. The first-order valence-electron chi connectivity index (χ1n) is 8.26. The molecule has 0 aliphatic rings. The molecule has 10 heteroatoms. The largest absolute Gasteiger partial charge is 0.325 e. The molecule has 0 spiro atoms. The molecule has 27 heavy (non-hydrogen) atoms. The molecule has 0 saturated heterocycles. The third-order valence-electron chi connectivity index (χ3n) is 3.91. The number of aromatic amines is 2. The molecule has 3 aromatic heterocycles. The number of rotatable bonds is 6. The van der Waals surface area contributed by atoms with Crippen molar-refractivity contribution < 1.29 is 4.79 Å². The number of aromatic nitrogens is 5. The van der Waals surface area contributed by atoms with Crippen LogP contribution in [0.4, 0.5) is 5.69 Å². The van der Waals surface area contributed by atoms with Crippen molar-refractivity contribution in [1.82, 2.24) is 24.7 Å². The fraction of sp³-hybridized carbons (Fsp3) is 0.176. The Bertz CT molecular complexity index is 1140. The van der Waals surface area contributed by atoms with Gasteiger partial charge in [0.1, 0.15) is 0 Å². The first-order chi connectivity index (χ1) is 13.1. The van der Waals surface area contributed by atoms with E-state index in [9.17, 15) is 9.59 Å². The van der Waals surface area contributed by atoms with E-state index in [2.05, 4.69) is 25.5 Å². The van der Waals surface area contributed by atoms with Crippen LogP contribution in [0.2, 0.25) is 0 Å². The Kier molecular flexibility index (Phi) is 4.82. The molecule has 3 heterocycles. The van der Waals surface area contributed by atoms with E-state index in [0.717, 1.165) is 17.2 Å². The van der Waals surface area contributed by atoms with Crippen molar-refractivity contribution in [2.45, 2.75) is 18.6 Å². The smallest absolute Gasteiger partial charge is 0.323 e. The zero-order valence-electron chi connectivity index (χ0n) is 14.4. The second-order valence-electron chi connectivity index (χ2n) is 5.70. The molecular formula is C17H16N6O2S2. The first kappa shape index (κ1) is 17.6. The van der Waals surface area contributed by atoms with Gasteiger partial charge in [-0.1, -0.05) is 17.8 Å². The molecule has 138 valence electrons. The monoisotopic (exact) mass is 400 g/mol. The number of nitrogens with zero attached hydrogens (tertiary/aromatic N) is 3. The zero-order valence-corrected chi connectivity index (χ0v) is 16.0. The van der Waals surface area contributed by atoms with E-state index < -0.39 is 0 Å². The summed E-state index contributed by atoms with van der Waals surface area (Å²) in [4.78, 5) is 30.0. The Morgan fingerprint density at radius 1 is 1.26 bits per heavy atom. The molecule has 1 aromatic carbocycles. The van der Waals surface area contributed by atoms with Crippen LogP contribution in [0.1, 0.15) is 6.92 Å². The van der Waals surface area contributed by atoms with Gasteiger partial charge in [-0.25, -0.2) is 4.79 Å². The van der Waals surface area contributed by atoms with Gasteiger partial charge in [-0.15, -0.1) is 21.5 Å². The molecule has 3 N–H and O–H groups in total. The van der Waals surface area contributed by atoms with Crippen LogP contribution in [0.3, 0.4) is 0 Å². The topological polar surface area (TPSA) is 108 Å². The van der Waals surface area contributed by atoms with Gasteiger partial charge in [0.05, 0.1) is 21.7 Å². The van der Waals surface area contributed by atoms with Crippen LogP contribution in [-0.2, 0) is 11.3 Å². The minimum atomic E-state index is -0.274. The van der Waals surface area contributed by atoms with Gasteiger partial charge in [0.15, 0.2) is 11.0 Å². The van der Waals surface area contributed by atoms with Gasteiger partial charge in [0.25, 0.3) is 0 Å². The standard InChI is InChI=1S/C17H16N6O2S2/c1-2-23-15(13-4-3-7-26-13)21-22-17(23)27-9-14(24)18-10-5-6-11-12(8-10)20-16(25)19-11/h3-8H,2,9H2,1H3,(H,18,24)(H2,19,20,25). The molecule has 0 aliphatic heterocycles. The third kappa shape index (κ3) is 3.67. The van der Waals surface area contributed by atoms with E-state index in [1.54, 1.807) is 29.5 Å². The van der Waals surface area contributed by atoms with Crippen molar-refractivity contribution in [2.75, 3.05) is 11.1 Å². The first-order valence-corrected chi connectivity index (χ1v) is 10.1. The number of imidazole rings is 1. The average molecular weight is 400 g/mol. The normalized spacial score (nSPS) is 11.1. The molecule has 1 amide bonds. The van der Waals surface area contributed by atoms with Crippen LogP contribution in [0.25, 0.3) is 21.7 Å². The lowest BCUT2D eigenvalue weighted by atomic mass is 10.3. The second-order valence-corrected chi connectivity index (χ2v) is 7.59. The SMILES string of the molecule is CCn1c(SCC(=O)Nc2ccc3[nH]c(=O)[nH]c3c2)nnc1-c1cccs1. The summed E-state index contributed by atoms with van der Waals surface area (Å²) in [5.74, 6) is 0.877. The summed E-state index contributed by atoms with van der Waals surface area (Å²) in [6, 6.07) is 9.20. The molecule has 0 aliphatic carbocycles. The van der Waals surface area contributed by atoms with Crippen molar-refractivity contribution in [3.05, 3.63) is 46.2 Å². The van der Waals surface area contributed by atoms with Gasteiger partial charge in [0.2, 0.25) is 5.91 Å². The highest BCUT2D eigenvalue weighted by Gasteiger charge is 2.15. The lowest BCUT2D eigenvalue weighted by Crippen LogP contribution is -2.14. The fourth-order valence-corrected chi connectivity index (χ4v) is 4.23. The number of thioether (sulfide) groups is 1. The van der Waals surface area contributed by atoms with Gasteiger partial charge in [-0.05, 0) is 36.6 Å². The molecule has 0 unspecified atom stereocenters. The summed E-state index contributed by atoms with van der Waals surface area (Å²) in [6.07, 6.45) is 0. The molecule has 0 bridgehead atoms. The lowest BCUT2D eigenvalue weighted by molar-refractivity contribution is -0.113. The summed E-state index contributed by atoms with van der Waals surface area (Å²) in [6.45, 7) is 2.75. The minimum absolute atomic E-state index is 0.152. The van der Waals surface area contributed by atoms with Crippen LogP contribution in [0, 0.1) is 0 Å². The lowest BCUT2D eigenvalue weighted by Gasteiger charge is -2.07. The highest BCUT2D eigenvalue weighted by molar-refractivity contribution is 7.99. The van der Waals surface area contributed by atoms with Gasteiger partial charge < -0.3 is 19.9 Å². The van der Waals surface area contributed by atoms with Gasteiger partial charge >= 0.3 is 5.69 Å². The maximum atomic E-state index is 12.3. The van der Waals surface area contributed by atoms with Crippen LogP contribution in [0.15, 0.2) is 45.7 Å². The number of benzene rings is 1. The number of thiophene rings is 1. The van der Waals surface area contributed by atoms with E-state index in [1.165, 1.54) is 11.8 Å². The Morgan fingerprint density at radius 3 is 2.89 bits per heavy atom. The summed E-state index contributed by atoms with van der Waals surface area (Å²) in [7, 11) is 0. The van der Waals surface area contributed by atoms with Gasteiger partial charge in [-0.3, -0.25) is 4.79 Å². The highest BCUT2D eigenvalue weighted by Crippen LogP contribution is 2.27. The van der Waals surface area contributed by atoms with Crippen molar-refractivity contribution in [2.24, 2.45) is 0 Å². The van der Waals surface area contributed by atoms with Crippen molar-refractivity contribution in [3.63, 3.8) is 0 Å². The third-order valence-corrected chi connectivity index (χ3v) is 5.74. The number of hydrogen-bond donors (Lipinski definition) is 3. The van der Waals surface area contributed by atoms with Crippen LogP contribution >= 0.6 is 23.1 Å². The molecule has 4 rings (SSSR count). The van der Waals surface area contributed by atoms with Crippen molar-refractivity contribution >= 4 is 45.7 Å². The zero-order chi connectivity index (χ0) is 18.8. The molecule has 0 radical (unpaired) electrons. The van der Waals surface area contributed by atoms with E-state index >= 15 is 0 Å². The number of carbonyl (C=O) groups excluding carboxylic acids is 1. The number of fused-ring (bicyclic) bond motifs is 1. The Balaban J connectivity index is 1.43. The number of amides is 1. The molecular weight excluding hydrogens is 384 g/mol. The maximum absolute atomic E-state index is 12.3. The average Bonchev–Trinajstić information content (AvgIpc) is 3.37. The Morgan fingerprint density at radius 2 is 2.11 bits per heavy atom. The van der Waals surface area contributed by atoms with E-state index in [1.807, 2.05) is 29.0 Å². The summed E-state index contributed by atoms with van der Waals surface area (Å²) in [5, 5.41) is 14.0. The van der Waals surface area contributed by atoms with Crippen LogP contribution < -0.4 is 11.0 Å². The minimum Gasteiger partial charge on any atom is -0.325 e. The van der Waals surface area contributed by atoms with E-state index in [4.69, 9.17) is 0 Å². The van der Waals surface area contributed by atoms with E-state index in [0.29, 0.717) is 21.9 Å². The fourth-order valence-electron chi connectivity index (χ4n) is 2.71. The summed E-state index contributed by atoms with van der Waals surface area (Å²) < 4.78 is 2.00. The van der Waals surface area contributed by atoms with Crippen LogP contribution in [0.5, 0.6) is 0 Å². The number of anilines is 1. The quantitative estimate of drug-likeness (QED) is 0.431. The van der Waals surface area contributed by atoms with Crippen molar-refractivity contribution in [1.29, 1.82) is 0 Å². The van der Waals surface area contributed by atoms with Crippen molar-refractivity contribution in [3.8, 4) is 10.7 Å². The summed E-state index contributed by atoms with van der Waals surface area (Å²) in [5.41, 5.74) is 1.70. The van der Waals surface area contributed by atoms with Gasteiger partial charge in [-0.2, -0.15) is 0 Å². The number of carbonyl (C=O) groups is 1. The Labute approximate surface area is 162 Å². The van der Waals surface area contributed by atoms with E-state index in [-0.39, 0.29) is 17.3 Å². The maximum Gasteiger partial charge on any atom is 0.323 e. The number of nitrogens with one attached hydrogen (secondary N) is 3. The number of hydrogen-bond acceptors (Lipinski definition) is 6. The number of H-pyrrole nitrogens is 2. The predicted octanol–water partition coefficient (Wildman–Crippen LogP) is 2.93. The second kappa shape index (κ2) is 7.41. The van der Waals surface area contributed by atoms with Crippen LogP contribution in [-0.4, -0.2) is 36.4 Å². The summed E-state index contributed by atoms with van der Waals surface area (Å²) >= 11 is 2.95. The highest BCUT2D eigenvalue weighted by atomic mass is 32.2.